The van der Waals surface area contributed by atoms with Gasteiger partial charge in [0.1, 0.15) is 11.8 Å². The van der Waals surface area contributed by atoms with Gasteiger partial charge in [0.15, 0.2) is 6.61 Å². The van der Waals surface area contributed by atoms with Gasteiger partial charge in [0.25, 0.3) is 5.91 Å². The van der Waals surface area contributed by atoms with E-state index < -0.39 is 6.04 Å². The molecule has 32 heavy (non-hydrogen) atoms. The fraction of sp³-hybridized carbons (Fsp3) is 0.440. The summed E-state index contributed by atoms with van der Waals surface area (Å²) >= 11 is 12.4. The second-order valence-corrected chi connectivity index (χ2v) is 9.15. The Morgan fingerprint density at radius 2 is 1.81 bits per heavy atom. The van der Waals surface area contributed by atoms with Crippen LogP contribution in [0.3, 0.4) is 0 Å². The fourth-order valence-corrected chi connectivity index (χ4v) is 4.21. The molecule has 1 saturated carbocycles. The summed E-state index contributed by atoms with van der Waals surface area (Å²) in [5.41, 5.74) is 1.65. The summed E-state index contributed by atoms with van der Waals surface area (Å²) in [6, 6.07) is 12.1. The highest BCUT2D eigenvalue weighted by Crippen LogP contribution is 2.23. The first-order valence-electron chi connectivity index (χ1n) is 11.1. The molecule has 0 aliphatic heterocycles. The maximum absolute atomic E-state index is 13.2. The molecule has 0 heterocycles. The zero-order chi connectivity index (χ0) is 23.1. The molecule has 1 aliphatic rings. The highest BCUT2D eigenvalue weighted by molar-refractivity contribution is 6.31. The molecule has 5 nitrogen and oxygen atoms in total. The molecule has 1 atom stereocenters. The van der Waals surface area contributed by atoms with E-state index in [-0.39, 0.29) is 31.0 Å². The van der Waals surface area contributed by atoms with Crippen molar-refractivity contribution in [1.82, 2.24) is 10.2 Å². The minimum absolute atomic E-state index is 0.153. The first kappa shape index (κ1) is 24.4. The number of nitrogens with zero attached hydrogens (tertiary/aromatic N) is 1. The number of carbonyl (C=O) groups excluding carboxylic acids is 2. The number of aryl methyl sites for hydroxylation is 1. The van der Waals surface area contributed by atoms with Crippen LogP contribution in [0.5, 0.6) is 5.75 Å². The summed E-state index contributed by atoms with van der Waals surface area (Å²) < 4.78 is 5.72. The monoisotopic (exact) mass is 476 g/mol. The van der Waals surface area contributed by atoms with Crippen molar-refractivity contribution in [2.24, 2.45) is 0 Å². The molecule has 1 unspecified atom stereocenters. The minimum Gasteiger partial charge on any atom is -0.484 e. The summed E-state index contributed by atoms with van der Waals surface area (Å²) in [5, 5.41) is 4.31. The van der Waals surface area contributed by atoms with Gasteiger partial charge in [0.05, 0.1) is 0 Å². The van der Waals surface area contributed by atoms with Crippen LogP contribution in [0.4, 0.5) is 0 Å². The van der Waals surface area contributed by atoms with Crippen LogP contribution in [-0.2, 0) is 16.1 Å². The van der Waals surface area contributed by atoms with E-state index >= 15 is 0 Å². The van der Waals surface area contributed by atoms with Gasteiger partial charge in [0.2, 0.25) is 5.91 Å². The number of rotatable bonds is 8. The maximum atomic E-state index is 13.2. The first-order valence-corrected chi connectivity index (χ1v) is 11.8. The van der Waals surface area contributed by atoms with E-state index in [4.69, 9.17) is 27.9 Å². The van der Waals surface area contributed by atoms with Crippen LogP contribution in [0.2, 0.25) is 10.0 Å². The number of amides is 2. The van der Waals surface area contributed by atoms with Crippen LogP contribution < -0.4 is 10.1 Å². The van der Waals surface area contributed by atoms with Crippen molar-refractivity contribution < 1.29 is 14.3 Å². The van der Waals surface area contributed by atoms with Gasteiger partial charge in [0, 0.05) is 22.6 Å². The molecule has 172 valence electrons. The Balaban J connectivity index is 1.72. The van der Waals surface area contributed by atoms with Crippen molar-refractivity contribution in [3.63, 3.8) is 0 Å². The number of carbonyl (C=O) groups is 2. The predicted molar refractivity (Wildman–Crippen MR) is 128 cm³/mol. The Kier molecular flexibility index (Phi) is 8.83. The minimum atomic E-state index is -0.656. The van der Waals surface area contributed by atoms with Crippen molar-refractivity contribution >= 4 is 35.0 Å². The highest BCUT2D eigenvalue weighted by atomic mass is 35.5. The van der Waals surface area contributed by atoms with Crippen LogP contribution in [0.1, 0.15) is 50.2 Å². The molecular formula is C25H30Cl2N2O3. The normalized spacial score (nSPS) is 15.1. The number of halogens is 2. The molecule has 1 fully saturated rings. The maximum Gasteiger partial charge on any atom is 0.261 e. The van der Waals surface area contributed by atoms with Gasteiger partial charge >= 0.3 is 0 Å². The molecule has 0 spiro atoms. The Morgan fingerprint density at radius 1 is 1.09 bits per heavy atom. The molecule has 1 aliphatic carbocycles. The lowest BCUT2D eigenvalue weighted by molar-refractivity contribution is -0.142. The predicted octanol–water partition coefficient (Wildman–Crippen LogP) is 5.55. The molecular weight excluding hydrogens is 447 g/mol. The van der Waals surface area contributed by atoms with Crippen LogP contribution in [0.15, 0.2) is 42.5 Å². The standard InChI is InChI=1S/C25H30Cl2N2O3/c1-17-14-21(12-13-22(17)26)32-16-24(30)29(15-19-8-6-7-11-23(19)27)18(2)25(31)28-20-9-4-3-5-10-20/h6-8,11-14,18,20H,3-5,9-10,15-16H2,1-2H3,(H,28,31). The van der Waals surface area contributed by atoms with E-state index in [0.717, 1.165) is 36.8 Å². The van der Waals surface area contributed by atoms with Gasteiger partial charge in [-0.25, -0.2) is 0 Å². The van der Waals surface area contributed by atoms with Crippen LogP contribution in [0.25, 0.3) is 0 Å². The summed E-state index contributed by atoms with van der Waals surface area (Å²) in [7, 11) is 0. The number of nitrogens with one attached hydrogen (secondary N) is 1. The second kappa shape index (κ2) is 11.6. The molecule has 0 radical (unpaired) electrons. The summed E-state index contributed by atoms with van der Waals surface area (Å²) in [5.74, 6) is 0.112. The molecule has 0 bridgehead atoms. The SMILES string of the molecule is Cc1cc(OCC(=O)N(Cc2ccccc2Cl)C(C)C(=O)NC2CCCCC2)ccc1Cl. The zero-order valence-electron chi connectivity index (χ0n) is 18.6. The molecule has 2 aromatic carbocycles. The third-order valence-corrected chi connectivity index (χ3v) is 6.70. The van der Waals surface area contributed by atoms with Crippen LogP contribution in [-0.4, -0.2) is 35.4 Å². The van der Waals surface area contributed by atoms with Gasteiger partial charge in [-0.3, -0.25) is 9.59 Å². The molecule has 0 aromatic heterocycles. The van der Waals surface area contributed by atoms with Crippen molar-refractivity contribution in [2.75, 3.05) is 6.61 Å². The zero-order valence-corrected chi connectivity index (χ0v) is 20.1. The lowest BCUT2D eigenvalue weighted by atomic mass is 9.95. The van der Waals surface area contributed by atoms with Crippen LogP contribution in [0, 0.1) is 6.92 Å². The van der Waals surface area contributed by atoms with Gasteiger partial charge in [-0.1, -0.05) is 60.7 Å². The molecule has 7 heteroatoms. The van der Waals surface area contributed by atoms with Crippen molar-refractivity contribution in [3.8, 4) is 5.75 Å². The third-order valence-electron chi connectivity index (χ3n) is 5.91. The fourth-order valence-electron chi connectivity index (χ4n) is 3.90. The topological polar surface area (TPSA) is 58.6 Å². The summed E-state index contributed by atoms with van der Waals surface area (Å²) in [6.45, 7) is 3.66. The summed E-state index contributed by atoms with van der Waals surface area (Å²) in [4.78, 5) is 27.7. The number of ether oxygens (including phenoxy) is 1. The van der Waals surface area contributed by atoms with Gasteiger partial charge < -0.3 is 15.0 Å². The van der Waals surface area contributed by atoms with Crippen molar-refractivity contribution in [2.45, 2.75) is 64.6 Å². The number of hydrogen-bond acceptors (Lipinski definition) is 3. The largest absolute Gasteiger partial charge is 0.484 e. The Bertz CT molecular complexity index is 945. The van der Waals surface area contributed by atoms with E-state index in [1.54, 1.807) is 31.2 Å². The summed E-state index contributed by atoms with van der Waals surface area (Å²) in [6.07, 6.45) is 5.42. The van der Waals surface area contributed by atoms with E-state index in [1.165, 1.54) is 11.3 Å². The van der Waals surface area contributed by atoms with Gasteiger partial charge in [-0.2, -0.15) is 0 Å². The smallest absolute Gasteiger partial charge is 0.261 e. The van der Waals surface area contributed by atoms with Crippen molar-refractivity contribution in [3.05, 3.63) is 63.6 Å². The molecule has 3 rings (SSSR count). The lowest BCUT2D eigenvalue weighted by Gasteiger charge is -2.31. The number of benzene rings is 2. The van der Waals surface area contributed by atoms with E-state index in [2.05, 4.69) is 5.32 Å². The second-order valence-electron chi connectivity index (χ2n) is 8.33. The Morgan fingerprint density at radius 3 is 2.50 bits per heavy atom. The molecule has 2 amide bonds. The van der Waals surface area contributed by atoms with Gasteiger partial charge in [-0.15, -0.1) is 0 Å². The van der Waals surface area contributed by atoms with E-state index in [0.29, 0.717) is 15.8 Å². The Labute approximate surface area is 200 Å². The number of hydrogen-bond donors (Lipinski definition) is 1. The van der Waals surface area contributed by atoms with Crippen molar-refractivity contribution in [1.29, 1.82) is 0 Å². The quantitative estimate of drug-likeness (QED) is 0.543. The Hall–Kier alpha value is -2.24. The molecule has 1 N–H and O–H groups in total. The average Bonchev–Trinajstić information content (AvgIpc) is 2.79. The van der Waals surface area contributed by atoms with Crippen LogP contribution >= 0.6 is 23.2 Å². The van der Waals surface area contributed by atoms with Gasteiger partial charge in [-0.05, 0) is 62.1 Å². The lowest BCUT2D eigenvalue weighted by Crippen LogP contribution is -2.51. The average molecular weight is 477 g/mol. The molecule has 0 saturated heterocycles. The highest BCUT2D eigenvalue weighted by Gasteiger charge is 2.28. The molecule has 2 aromatic rings. The third kappa shape index (κ3) is 6.63. The van der Waals surface area contributed by atoms with E-state index in [1.807, 2.05) is 25.1 Å². The first-order chi connectivity index (χ1) is 15.3. The van der Waals surface area contributed by atoms with E-state index in [9.17, 15) is 9.59 Å².